The molecule has 56 valence electrons. The SMILES string of the molecule is [B]c1cc(C#N)ccc1[N+](=O)[O-]. The predicted molar refractivity (Wildman–Crippen MR) is 43.2 cm³/mol. The van der Waals surface area contributed by atoms with Crippen LogP contribution in [0.5, 0.6) is 0 Å². The fourth-order valence-corrected chi connectivity index (χ4v) is 0.790. The van der Waals surface area contributed by atoms with Crippen molar-refractivity contribution in [1.82, 2.24) is 0 Å². The number of hydrogen-bond acceptors (Lipinski definition) is 3. The summed E-state index contributed by atoms with van der Waals surface area (Å²) in [7, 11) is 5.31. The first-order valence-electron chi connectivity index (χ1n) is 3.09. The molecule has 5 heteroatoms. The second-order valence-corrected chi connectivity index (χ2v) is 2.14. The summed E-state index contributed by atoms with van der Waals surface area (Å²) >= 11 is 0. The fraction of sp³-hybridized carbons (Fsp3) is 0. The molecule has 0 spiro atoms. The summed E-state index contributed by atoms with van der Waals surface area (Å²) < 4.78 is 0. The Morgan fingerprint density at radius 3 is 2.67 bits per heavy atom. The zero-order valence-electron chi connectivity index (χ0n) is 6.02. The van der Waals surface area contributed by atoms with Gasteiger partial charge in [-0.1, -0.05) is 0 Å². The number of nitriles is 1. The van der Waals surface area contributed by atoms with Crippen LogP contribution in [0.1, 0.15) is 5.56 Å². The predicted octanol–water partition coefficient (Wildman–Crippen LogP) is 0.260. The number of hydrogen-bond donors (Lipinski definition) is 0. The first kappa shape index (κ1) is 8.27. The Hall–Kier alpha value is -1.83. The highest BCUT2D eigenvalue weighted by Gasteiger charge is 2.08. The highest BCUT2D eigenvalue weighted by Crippen LogP contribution is 2.07. The van der Waals surface area contributed by atoms with Gasteiger partial charge in [0, 0.05) is 6.07 Å². The minimum atomic E-state index is -0.587. The number of nitro benzene ring substituents is 1. The van der Waals surface area contributed by atoms with Gasteiger partial charge in [-0.2, -0.15) is 5.26 Å². The molecule has 0 unspecified atom stereocenters. The number of rotatable bonds is 1. The molecule has 0 aromatic heterocycles. The normalized spacial score (nSPS) is 8.92. The number of nitro groups is 1. The van der Waals surface area contributed by atoms with Crippen molar-refractivity contribution in [2.75, 3.05) is 0 Å². The summed E-state index contributed by atoms with van der Waals surface area (Å²) in [4.78, 5) is 9.68. The molecule has 0 bridgehead atoms. The van der Waals surface area contributed by atoms with Crippen molar-refractivity contribution >= 4 is 19.0 Å². The van der Waals surface area contributed by atoms with Crippen LogP contribution < -0.4 is 5.46 Å². The van der Waals surface area contributed by atoms with E-state index in [0.29, 0.717) is 5.56 Å². The van der Waals surface area contributed by atoms with Crippen molar-refractivity contribution in [3.05, 3.63) is 33.9 Å². The summed E-state index contributed by atoms with van der Waals surface area (Å²) in [6, 6.07) is 5.68. The number of benzene rings is 1. The quantitative estimate of drug-likeness (QED) is 0.334. The highest BCUT2D eigenvalue weighted by atomic mass is 16.6. The average Bonchev–Trinajstić information content (AvgIpc) is 2.03. The molecule has 0 aliphatic carbocycles. The molecule has 0 aliphatic rings. The largest absolute Gasteiger partial charge is 0.262 e. The van der Waals surface area contributed by atoms with Gasteiger partial charge in [0.2, 0.25) is 0 Å². The van der Waals surface area contributed by atoms with Crippen LogP contribution in [0.3, 0.4) is 0 Å². The van der Waals surface area contributed by atoms with E-state index in [1.165, 1.54) is 18.2 Å². The lowest BCUT2D eigenvalue weighted by Gasteiger charge is -1.95. The van der Waals surface area contributed by atoms with Crippen LogP contribution in [0.25, 0.3) is 0 Å². The van der Waals surface area contributed by atoms with Gasteiger partial charge in [-0.3, -0.25) is 10.1 Å². The molecule has 1 rings (SSSR count). The third-order valence-electron chi connectivity index (χ3n) is 1.35. The maximum absolute atomic E-state index is 10.3. The van der Waals surface area contributed by atoms with Gasteiger partial charge in [0.25, 0.3) is 5.69 Å². The Balaban J connectivity index is 3.23. The highest BCUT2D eigenvalue weighted by molar-refractivity contribution is 6.35. The maximum atomic E-state index is 10.3. The van der Waals surface area contributed by atoms with Crippen LogP contribution in [-0.2, 0) is 0 Å². The third kappa shape index (κ3) is 1.43. The van der Waals surface area contributed by atoms with Crippen molar-refractivity contribution in [2.24, 2.45) is 0 Å². The zero-order valence-corrected chi connectivity index (χ0v) is 6.02. The van der Waals surface area contributed by atoms with Crippen LogP contribution in [0.15, 0.2) is 18.2 Å². The molecule has 12 heavy (non-hydrogen) atoms. The molecule has 0 heterocycles. The lowest BCUT2D eigenvalue weighted by atomic mass is 9.92. The molecular formula is C7H3BN2O2. The second-order valence-electron chi connectivity index (χ2n) is 2.14. The van der Waals surface area contributed by atoms with Gasteiger partial charge in [-0.15, -0.1) is 0 Å². The Morgan fingerprint density at radius 1 is 1.58 bits per heavy atom. The van der Waals surface area contributed by atoms with E-state index in [2.05, 4.69) is 0 Å². The fourth-order valence-electron chi connectivity index (χ4n) is 0.790. The molecule has 0 saturated heterocycles. The standard InChI is InChI=1S/C7H3BN2O2/c8-6-3-5(4-9)1-2-7(6)10(11)12/h1-3H. The monoisotopic (exact) mass is 158 g/mol. The van der Waals surface area contributed by atoms with Crippen molar-refractivity contribution in [3.8, 4) is 6.07 Å². The summed E-state index contributed by atoms with van der Waals surface area (Å²) in [5.41, 5.74) is 0.158. The first-order valence-corrected chi connectivity index (χ1v) is 3.09. The minimum absolute atomic E-state index is 0.0130. The smallest absolute Gasteiger partial charge is 0.258 e. The minimum Gasteiger partial charge on any atom is -0.258 e. The van der Waals surface area contributed by atoms with E-state index >= 15 is 0 Å². The van der Waals surface area contributed by atoms with Crippen molar-refractivity contribution in [2.45, 2.75) is 0 Å². The first-order chi connectivity index (χ1) is 5.65. The summed E-state index contributed by atoms with van der Waals surface area (Å²) in [5.74, 6) is 0. The Kier molecular flexibility index (Phi) is 2.10. The van der Waals surface area contributed by atoms with Gasteiger partial charge in [0.1, 0.15) is 7.85 Å². The van der Waals surface area contributed by atoms with Crippen molar-refractivity contribution < 1.29 is 4.92 Å². The van der Waals surface area contributed by atoms with Gasteiger partial charge in [0.15, 0.2) is 0 Å². The van der Waals surface area contributed by atoms with Crippen LogP contribution in [0.2, 0.25) is 0 Å². The van der Waals surface area contributed by atoms with Crippen LogP contribution in [-0.4, -0.2) is 12.8 Å². The van der Waals surface area contributed by atoms with Crippen molar-refractivity contribution in [1.29, 1.82) is 5.26 Å². The van der Waals surface area contributed by atoms with E-state index < -0.39 is 4.92 Å². The Morgan fingerprint density at radius 2 is 2.25 bits per heavy atom. The molecule has 4 nitrogen and oxygen atoms in total. The molecule has 0 fully saturated rings. The van der Waals surface area contributed by atoms with E-state index in [0.717, 1.165) is 0 Å². The van der Waals surface area contributed by atoms with Gasteiger partial charge in [-0.05, 0) is 17.6 Å². The van der Waals surface area contributed by atoms with E-state index in [1.807, 2.05) is 6.07 Å². The average molecular weight is 158 g/mol. The van der Waals surface area contributed by atoms with E-state index in [9.17, 15) is 10.1 Å². The maximum Gasteiger partial charge on any atom is 0.262 e. The summed E-state index contributed by atoms with van der Waals surface area (Å²) in [5, 5.41) is 18.7. The molecule has 1 aromatic carbocycles. The van der Waals surface area contributed by atoms with E-state index in [-0.39, 0.29) is 11.2 Å². The molecule has 0 aliphatic heterocycles. The molecule has 1 aromatic rings. The lowest BCUT2D eigenvalue weighted by molar-refractivity contribution is -0.383. The molecule has 2 radical (unpaired) electrons. The topological polar surface area (TPSA) is 66.9 Å². The molecule has 0 saturated carbocycles. The zero-order chi connectivity index (χ0) is 9.14. The van der Waals surface area contributed by atoms with E-state index in [4.69, 9.17) is 13.1 Å². The second kappa shape index (κ2) is 3.05. The van der Waals surface area contributed by atoms with E-state index in [1.54, 1.807) is 0 Å². The van der Waals surface area contributed by atoms with Crippen molar-refractivity contribution in [3.63, 3.8) is 0 Å². The van der Waals surface area contributed by atoms with Crippen LogP contribution in [0.4, 0.5) is 5.69 Å². The van der Waals surface area contributed by atoms with Crippen LogP contribution in [0, 0.1) is 21.4 Å². The van der Waals surface area contributed by atoms with Gasteiger partial charge in [-0.25, -0.2) is 0 Å². The molecule has 0 N–H and O–H groups in total. The van der Waals surface area contributed by atoms with Gasteiger partial charge < -0.3 is 0 Å². The molecule has 0 atom stereocenters. The van der Waals surface area contributed by atoms with Gasteiger partial charge >= 0.3 is 0 Å². The lowest BCUT2D eigenvalue weighted by Crippen LogP contribution is -2.09. The third-order valence-corrected chi connectivity index (χ3v) is 1.35. The molecular weight excluding hydrogens is 155 g/mol. The summed E-state index contributed by atoms with van der Waals surface area (Å²) in [6.07, 6.45) is 0. The Bertz CT molecular complexity index is 370. The Labute approximate surface area is 70.0 Å². The molecule has 0 amide bonds. The summed E-state index contributed by atoms with van der Waals surface area (Å²) in [6.45, 7) is 0. The van der Waals surface area contributed by atoms with Gasteiger partial charge in [0.05, 0.1) is 16.6 Å². The number of nitrogens with zero attached hydrogens (tertiary/aromatic N) is 2. The van der Waals surface area contributed by atoms with Crippen LogP contribution >= 0.6 is 0 Å².